The Balaban J connectivity index is 1.67. The van der Waals surface area contributed by atoms with Crippen molar-refractivity contribution in [1.29, 1.82) is 0 Å². The van der Waals surface area contributed by atoms with Crippen LogP contribution in [0.15, 0.2) is 23.3 Å². The molecule has 4 aliphatic rings. The molecule has 4 nitrogen and oxygen atoms in total. The standard InChI is InChI=1S/C30H50O4/c1-18(17-31)9-8-10-19(2)20-13-14-28(5)21-11-12-23-27(3,4)24(33)15-25(34)30(23,7)26(21)22(32)16-29(20,28)6/h9,11,19-20,22-26,31-34H,8,10,12-17H2,1-7H3/b18-9+/t19-,20+,22-,23+,24+,25-,26-,28-,29+,30-/m1/s1. The first kappa shape index (κ1) is 26.4. The van der Waals surface area contributed by atoms with Gasteiger partial charge in [0.05, 0.1) is 24.9 Å². The lowest BCUT2D eigenvalue weighted by molar-refractivity contribution is -0.208. The topological polar surface area (TPSA) is 80.9 Å². The van der Waals surface area contributed by atoms with Gasteiger partial charge in [-0.2, -0.15) is 0 Å². The van der Waals surface area contributed by atoms with E-state index < -0.39 is 23.7 Å². The molecule has 10 atom stereocenters. The van der Waals surface area contributed by atoms with Crippen molar-refractivity contribution in [3.8, 4) is 0 Å². The minimum absolute atomic E-state index is 0.0284. The fourth-order valence-electron chi connectivity index (χ4n) is 9.55. The molecule has 0 amide bonds. The van der Waals surface area contributed by atoms with Crippen LogP contribution in [0.3, 0.4) is 0 Å². The summed E-state index contributed by atoms with van der Waals surface area (Å²) in [5.74, 6) is 1.21. The third-order valence-electron chi connectivity index (χ3n) is 12.0. The second-order valence-electron chi connectivity index (χ2n) is 13.8. The molecule has 34 heavy (non-hydrogen) atoms. The van der Waals surface area contributed by atoms with Crippen LogP contribution in [0.5, 0.6) is 0 Å². The molecule has 0 radical (unpaired) electrons. The van der Waals surface area contributed by atoms with Gasteiger partial charge in [-0.1, -0.05) is 64.8 Å². The summed E-state index contributed by atoms with van der Waals surface area (Å²) in [4.78, 5) is 0. The number of hydrogen-bond acceptors (Lipinski definition) is 4. The summed E-state index contributed by atoms with van der Waals surface area (Å²) in [5, 5.41) is 43.3. The lowest BCUT2D eigenvalue weighted by Crippen LogP contribution is -2.66. The number of hydrogen-bond donors (Lipinski definition) is 4. The molecule has 4 N–H and O–H groups in total. The van der Waals surface area contributed by atoms with E-state index in [9.17, 15) is 20.4 Å². The monoisotopic (exact) mass is 474 g/mol. The van der Waals surface area contributed by atoms with E-state index in [1.165, 1.54) is 12.0 Å². The van der Waals surface area contributed by atoms with Crippen LogP contribution >= 0.6 is 0 Å². The summed E-state index contributed by atoms with van der Waals surface area (Å²) in [6, 6.07) is 0. The van der Waals surface area contributed by atoms with Gasteiger partial charge in [-0.15, -0.1) is 0 Å². The second kappa shape index (κ2) is 8.71. The number of aliphatic hydroxyl groups is 4. The molecule has 4 rings (SSSR count). The van der Waals surface area contributed by atoms with Gasteiger partial charge in [0.1, 0.15) is 0 Å². The highest BCUT2D eigenvalue weighted by atomic mass is 16.3. The zero-order chi connectivity index (χ0) is 25.3. The molecule has 3 saturated carbocycles. The molecule has 4 aliphatic carbocycles. The number of allylic oxidation sites excluding steroid dienone is 2. The highest BCUT2D eigenvalue weighted by Gasteiger charge is 2.69. The van der Waals surface area contributed by atoms with E-state index in [4.69, 9.17) is 0 Å². The first-order valence-electron chi connectivity index (χ1n) is 13.8. The normalized spacial score (nSPS) is 49.0. The maximum Gasteiger partial charge on any atom is 0.0639 e. The molecule has 0 aromatic heterocycles. The molecule has 0 heterocycles. The van der Waals surface area contributed by atoms with Crippen molar-refractivity contribution in [3.63, 3.8) is 0 Å². The lowest BCUT2D eigenvalue weighted by Gasteiger charge is -2.66. The first-order valence-corrected chi connectivity index (χ1v) is 13.8. The molecule has 0 saturated heterocycles. The Morgan fingerprint density at radius 3 is 2.44 bits per heavy atom. The molecule has 0 unspecified atom stereocenters. The number of aliphatic hydroxyl groups excluding tert-OH is 4. The van der Waals surface area contributed by atoms with Crippen molar-refractivity contribution in [2.24, 2.45) is 45.3 Å². The summed E-state index contributed by atoms with van der Waals surface area (Å²) in [6.07, 6.45) is 9.47. The minimum Gasteiger partial charge on any atom is -0.392 e. The van der Waals surface area contributed by atoms with E-state index in [2.05, 4.69) is 53.7 Å². The largest absolute Gasteiger partial charge is 0.392 e. The van der Waals surface area contributed by atoms with Crippen LogP contribution in [0.25, 0.3) is 0 Å². The highest BCUT2D eigenvalue weighted by molar-refractivity contribution is 5.35. The zero-order valence-electron chi connectivity index (χ0n) is 22.6. The van der Waals surface area contributed by atoms with Crippen LogP contribution in [-0.2, 0) is 0 Å². The molecule has 0 aromatic rings. The van der Waals surface area contributed by atoms with Gasteiger partial charge in [0.2, 0.25) is 0 Å². The quantitative estimate of drug-likeness (QED) is 0.410. The summed E-state index contributed by atoms with van der Waals surface area (Å²) in [5.41, 5.74) is 1.78. The number of fused-ring (bicyclic) bond motifs is 5. The molecule has 0 aliphatic heterocycles. The Morgan fingerprint density at radius 1 is 1.12 bits per heavy atom. The molecular weight excluding hydrogens is 424 g/mol. The maximum absolute atomic E-state index is 11.8. The second-order valence-corrected chi connectivity index (χ2v) is 13.8. The molecular formula is C30H50O4. The minimum atomic E-state index is -0.602. The van der Waals surface area contributed by atoms with Gasteiger partial charge < -0.3 is 20.4 Å². The Labute approximate surface area is 207 Å². The average molecular weight is 475 g/mol. The van der Waals surface area contributed by atoms with Crippen molar-refractivity contribution in [1.82, 2.24) is 0 Å². The van der Waals surface area contributed by atoms with Crippen molar-refractivity contribution < 1.29 is 20.4 Å². The van der Waals surface area contributed by atoms with Crippen LogP contribution in [0, 0.1) is 45.3 Å². The van der Waals surface area contributed by atoms with Gasteiger partial charge in [0.25, 0.3) is 0 Å². The van der Waals surface area contributed by atoms with Crippen molar-refractivity contribution in [3.05, 3.63) is 23.3 Å². The zero-order valence-corrected chi connectivity index (χ0v) is 22.6. The predicted molar refractivity (Wildman–Crippen MR) is 137 cm³/mol. The SMILES string of the molecule is C/C(=C\CC[C@@H](C)[C@@H]1CC[C@]2(C)C3=CC[C@H]4C(C)(C)[C@@H](O)C[C@@H](O)[C@]4(C)[C@H]3[C@H](O)C[C@@]12C)CO. The van der Waals surface area contributed by atoms with Crippen LogP contribution < -0.4 is 0 Å². The lowest BCUT2D eigenvalue weighted by atomic mass is 9.39. The van der Waals surface area contributed by atoms with E-state index in [0.717, 1.165) is 37.7 Å². The predicted octanol–water partition coefficient (Wildman–Crippen LogP) is 5.25. The van der Waals surface area contributed by atoms with Gasteiger partial charge in [-0.3, -0.25) is 0 Å². The molecule has 0 aromatic carbocycles. The van der Waals surface area contributed by atoms with E-state index in [1.54, 1.807) is 0 Å². The van der Waals surface area contributed by atoms with Gasteiger partial charge in [0.15, 0.2) is 0 Å². The van der Waals surface area contributed by atoms with Crippen molar-refractivity contribution >= 4 is 0 Å². The van der Waals surface area contributed by atoms with Crippen LogP contribution in [0.1, 0.15) is 93.4 Å². The maximum atomic E-state index is 11.8. The van der Waals surface area contributed by atoms with Gasteiger partial charge in [-0.05, 0) is 79.4 Å². The van der Waals surface area contributed by atoms with Crippen LogP contribution in [-0.4, -0.2) is 45.3 Å². The van der Waals surface area contributed by atoms with Gasteiger partial charge >= 0.3 is 0 Å². The van der Waals surface area contributed by atoms with Crippen LogP contribution in [0.2, 0.25) is 0 Å². The molecule has 194 valence electrons. The fourth-order valence-corrected chi connectivity index (χ4v) is 9.55. The highest BCUT2D eigenvalue weighted by Crippen LogP contribution is 2.73. The molecule has 4 heteroatoms. The van der Waals surface area contributed by atoms with Crippen molar-refractivity contribution in [2.75, 3.05) is 6.61 Å². The Hall–Kier alpha value is -0.680. The third kappa shape index (κ3) is 3.53. The van der Waals surface area contributed by atoms with E-state index in [-0.39, 0.29) is 34.7 Å². The Morgan fingerprint density at radius 2 is 1.79 bits per heavy atom. The van der Waals surface area contributed by atoms with E-state index in [0.29, 0.717) is 18.3 Å². The molecule has 0 spiro atoms. The number of rotatable bonds is 5. The van der Waals surface area contributed by atoms with E-state index in [1.807, 2.05) is 6.92 Å². The fraction of sp³-hybridized carbons (Fsp3) is 0.867. The van der Waals surface area contributed by atoms with Gasteiger partial charge in [-0.25, -0.2) is 0 Å². The van der Waals surface area contributed by atoms with Gasteiger partial charge in [0, 0.05) is 17.8 Å². The third-order valence-corrected chi connectivity index (χ3v) is 12.0. The first-order chi connectivity index (χ1) is 15.7. The van der Waals surface area contributed by atoms with E-state index >= 15 is 0 Å². The Kier molecular flexibility index (Phi) is 6.76. The Bertz CT molecular complexity index is 845. The summed E-state index contributed by atoms with van der Waals surface area (Å²) >= 11 is 0. The summed E-state index contributed by atoms with van der Waals surface area (Å²) < 4.78 is 0. The average Bonchev–Trinajstić information content (AvgIpc) is 3.03. The molecule has 0 bridgehead atoms. The smallest absolute Gasteiger partial charge is 0.0639 e. The summed E-state index contributed by atoms with van der Waals surface area (Å²) in [6.45, 7) is 15.9. The molecule has 3 fully saturated rings. The van der Waals surface area contributed by atoms with Crippen LogP contribution in [0.4, 0.5) is 0 Å². The van der Waals surface area contributed by atoms with Crippen molar-refractivity contribution in [2.45, 2.75) is 112 Å². The summed E-state index contributed by atoms with van der Waals surface area (Å²) in [7, 11) is 0.